The van der Waals surface area contributed by atoms with E-state index in [1.807, 2.05) is 18.2 Å². The Morgan fingerprint density at radius 1 is 0.232 bits per heavy atom. The molecule has 6 heteroatoms. The molecular formula is C63H40N6. The van der Waals surface area contributed by atoms with E-state index >= 15 is 0 Å². The lowest BCUT2D eigenvalue weighted by atomic mass is 9.98. The maximum Gasteiger partial charge on any atom is 0.238 e. The van der Waals surface area contributed by atoms with E-state index in [2.05, 4.69) is 238 Å². The highest BCUT2D eigenvalue weighted by Crippen LogP contribution is 2.43. The molecule has 6 nitrogen and oxygen atoms in total. The summed E-state index contributed by atoms with van der Waals surface area (Å²) < 4.78 is 7.08. The fraction of sp³-hybridized carbons (Fsp3) is 0. The van der Waals surface area contributed by atoms with Gasteiger partial charge in [-0.3, -0.25) is 4.57 Å². The van der Waals surface area contributed by atoms with Gasteiger partial charge in [0.05, 0.1) is 33.1 Å². The molecule has 0 aliphatic carbocycles. The molecule has 0 radical (unpaired) electrons. The zero-order valence-corrected chi connectivity index (χ0v) is 37.3. The minimum Gasteiger partial charge on any atom is -0.309 e. The largest absolute Gasteiger partial charge is 0.309 e. The average molecular weight is 881 g/mol. The Hall–Kier alpha value is -9.39. The van der Waals surface area contributed by atoms with E-state index in [0.717, 1.165) is 82.9 Å². The van der Waals surface area contributed by atoms with Crippen molar-refractivity contribution in [1.29, 1.82) is 0 Å². The Morgan fingerprint density at radius 3 is 1.30 bits per heavy atom. The SMILES string of the molecule is c1ccc(-c2cccc(-c3cccc(-c4nc(-c5ccccc5)nc(-n5c6ccc(-n7c8ccccc8c8ccccc87)cc6c6ccc7c8ccccc8n(-c8ccccc8)c7c65)n4)c3)c2)cc1. The van der Waals surface area contributed by atoms with Gasteiger partial charge in [0, 0.05) is 54.8 Å². The van der Waals surface area contributed by atoms with Crippen LogP contribution < -0.4 is 0 Å². The molecule has 10 aromatic carbocycles. The maximum absolute atomic E-state index is 5.52. The summed E-state index contributed by atoms with van der Waals surface area (Å²) in [6.45, 7) is 0. The van der Waals surface area contributed by atoms with Crippen LogP contribution in [0, 0.1) is 0 Å². The molecule has 0 aliphatic rings. The molecule has 0 bridgehead atoms. The first kappa shape index (κ1) is 38.8. The molecule has 322 valence electrons. The predicted molar refractivity (Wildman–Crippen MR) is 285 cm³/mol. The number of hydrogen-bond donors (Lipinski definition) is 0. The van der Waals surface area contributed by atoms with Crippen LogP contribution in [0.25, 0.3) is 128 Å². The molecule has 0 atom stereocenters. The predicted octanol–water partition coefficient (Wildman–Crippen LogP) is 15.8. The summed E-state index contributed by atoms with van der Waals surface area (Å²) in [5.74, 6) is 1.73. The smallest absolute Gasteiger partial charge is 0.238 e. The molecule has 0 saturated carbocycles. The molecule has 4 aromatic heterocycles. The van der Waals surface area contributed by atoms with E-state index in [4.69, 9.17) is 15.0 Å². The molecule has 4 heterocycles. The average Bonchev–Trinajstić information content (AvgIpc) is 4.07. The Balaban J connectivity index is 1.07. The lowest BCUT2D eigenvalue weighted by Crippen LogP contribution is -2.07. The van der Waals surface area contributed by atoms with Crippen LogP contribution in [0.2, 0.25) is 0 Å². The fourth-order valence-corrected chi connectivity index (χ4v) is 10.6. The van der Waals surface area contributed by atoms with E-state index in [9.17, 15) is 0 Å². The van der Waals surface area contributed by atoms with Gasteiger partial charge in [-0.05, 0) is 82.9 Å². The molecule has 14 rings (SSSR count). The number of para-hydroxylation sites is 4. The van der Waals surface area contributed by atoms with Gasteiger partial charge in [0.2, 0.25) is 5.95 Å². The van der Waals surface area contributed by atoms with Crippen molar-refractivity contribution in [3.63, 3.8) is 0 Å². The lowest BCUT2D eigenvalue weighted by molar-refractivity contribution is 0.953. The standard InChI is InChI=1S/C63H40N6/c1-4-18-41(19-5-1)43-22-16-23-44(38-43)45-24-17-25-46(39-45)62-64-61(42-20-6-2-7-21-42)65-63(66-62)69-58-37-34-48(67-55-31-13-10-28-49(55)50-29-11-14-32-56(50)67)40-54(58)53-36-35-52-51-30-12-15-33-57(51)68(59(52)60(53)69)47-26-8-3-9-27-47/h1-40H. The van der Waals surface area contributed by atoms with Gasteiger partial charge in [-0.1, -0.05) is 182 Å². The Bertz CT molecular complexity index is 4240. The van der Waals surface area contributed by atoms with Crippen molar-refractivity contribution in [3.8, 4) is 62.4 Å². The highest BCUT2D eigenvalue weighted by Gasteiger charge is 2.25. The number of benzene rings is 10. The van der Waals surface area contributed by atoms with Crippen molar-refractivity contribution in [2.24, 2.45) is 0 Å². The summed E-state index contributed by atoms with van der Waals surface area (Å²) in [5.41, 5.74) is 15.1. The Kier molecular flexibility index (Phi) is 8.79. The normalized spacial score (nSPS) is 11.8. The van der Waals surface area contributed by atoms with Crippen LogP contribution in [0.4, 0.5) is 0 Å². The van der Waals surface area contributed by atoms with Gasteiger partial charge < -0.3 is 9.13 Å². The van der Waals surface area contributed by atoms with Gasteiger partial charge in [0.1, 0.15) is 0 Å². The van der Waals surface area contributed by atoms with Crippen molar-refractivity contribution in [2.45, 2.75) is 0 Å². The highest BCUT2D eigenvalue weighted by molar-refractivity contribution is 6.24. The summed E-state index contributed by atoms with van der Waals surface area (Å²) >= 11 is 0. The molecule has 0 N–H and O–H groups in total. The summed E-state index contributed by atoms with van der Waals surface area (Å²) in [5, 5.41) is 6.98. The van der Waals surface area contributed by atoms with Gasteiger partial charge in [-0.2, -0.15) is 9.97 Å². The van der Waals surface area contributed by atoms with Crippen LogP contribution in [-0.2, 0) is 0 Å². The molecule has 0 fully saturated rings. The van der Waals surface area contributed by atoms with E-state index < -0.39 is 0 Å². The minimum absolute atomic E-state index is 0.539. The van der Waals surface area contributed by atoms with Crippen LogP contribution in [0.3, 0.4) is 0 Å². The van der Waals surface area contributed by atoms with Crippen LogP contribution >= 0.6 is 0 Å². The molecular weight excluding hydrogens is 841 g/mol. The second kappa shape index (κ2) is 15.6. The quantitative estimate of drug-likeness (QED) is 0.160. The Labute approximate surface area is 397 Å². The first-order valence-corrected chi connectivity index (χ1v) is 23.4. The molecule has 0 aliphatic heterocycles. The van der Waals surface area contributed by atoms with E-state index in [0.29, 0.717) is 17.6 Å². The maximum atomic E-state index is 5.52. The zero-order chi connectivity index (χ0) is 45.4. The van der Waals surface area contributed by atoms with E-state index in [-0.39, 0.29) is 0 Å². The third-order valence-electron chi connectivity index (χ3n) is 13.7. The number of nitrogens with zero attached hydrogens (tertiary/aromatic N) is 6. The first-order valence-electron chi connectivity index (χ1n) is 23.4. The summed E-state index contributed by atoms with van der Waals surface area (Å²) in [6, 6.07) is 86.3. The second-order valence-corrected chi connectivity index (χ2v) is 17.6. The molecule has 0 amide bonds. The second-order valence-electron chi connectivity index (χ2n) is 17.6. The van der Waals surface area contributed by atoms with E-state index in [1.54, 1.807) is 0 Å². The van der Waals surface area contributed by atoms with Gasteiger partial charge in [-0.15, -0.1) is 0 Å². The molecule has 0 unspecified atom stereocenters. The Morgan fingerprint density at radius 2 is 0.667 bits per heavy atom. The summed E-state index contributed by atoms with van der Waals surface area (Å²) in [6.07, 6.45) is 0. The molecule has 0 saturated heterocycles. The van der Waals surface area contributed by atoms with Gasteiger partial charge >= 0.3 is 0 Å². The molecule has 14 aromatic rings. The third kappa shape index (κ3) is 6.23. The molecule has 0 spiro atoms. The monoisotopic (exact) mass is 880 g/mol. The van der Waals surface area contributed by atoms with Crippen molar-refractivity contribution < 1.29 is 0 Å². The van der Waals surface area contributed by atoms with Crippen molar-refractivity contribution in [3.05, 3.63) is 243 Å². The number of fused-ring (bicyclic) bond motifs is 10. The van der Waals surface area contributed by atoms with Gasteiger partial charge in [0.25, 0.3) is 0 Å². The lowest BCUT2D eigenvalue weighted by Gasteiger charge is -2.14. The summed E-state index contributed by atoms with van der Waals surface area (Å²) in [4.78, 5) is 16.2. The summed E-state index contributed by atoms with van der Waals surface area (Å²) in [7, 11) is 0. The van der Waals surface area contributed by atoms with Crippen LogP contribution in [-0.4, -0.2) is 28.7 Å². The van der Waals surface area contributed by atoms with Crippen molar-refractivity contribution >= 4 is 65.4 Å². The fourth-order valence-electron chi connectivity index (χ4n) is 10.6. The van der Waals surface area contributed by atoms with E-state index in [1.165, 1.54) is 27.3 Å². The van der Waals surface area contributed by atoms with Crippen LogP contribution in [0.5, 0.6) is 0 Å². The van der Waals surface area contributed by atoms with Crippen LogP contribution in [0.1, 0.15) is 0 Å². The zero-order valence-electron chi connectivity index (χ0n) is 37.3. The minimum atomic E-state index is 0.539. The topological polar surface area (TPSA) is 53.5 Å². The van der Waals surface area contributed by atoms with Gasteiger partial charge in [-0.25, -0.2) is 4.98 Å². The first-order chi connectivity index (χ1) is 34.2. The van der Waals surface area contributed by atoms with Crippen molar-refractivity contribution in [1.82, 2.24) is 28.7 Å². The molecule has 69 heavy (non-hydrogen) atoms. The van der Waals surface area contributed by atoms with Gasteiger partial charge in [0.15, 0.2) is 11.6 Å². The highest BCUT2D eigenvalue weighted by atomic mass is 15.2. The third-order valence-corrected chi connectivity index (χ3v) is 13.7. The number of rotatable bonds is 7. The number of hydrogen-bond acceptors (Lipinski definition) is 3. The van der Waals surface area contributed by atoms with Crippen LogP contribution in [0.15, 0.2) is 243 Å². The van der Waals surface area contributed by atoms with Crippen molar-refractivity contribution in [2.75, 3.05) is 0 Å². The number of aromatic nitrogens is 6.